The van der Waals surface area contributed by atoms with Crippen molar-refractivity contribution < 1.29 is 4.79 Å². The molecule has 27 heavy (non-hydrogen) atoms. The molecule has 2 heterocycles. The van der Waals surface area contributed by atoms with Crippen LogP contribution in [0.15, 0.2) is 67.3 Å². The van der Waals surface area contributed by atoms with E-state index in [4.69, 9.17) is 0 Å². The highest BCUT2D eigenvalue weighted by Crippen LogP contribution is 2.14. The van der Waals surface area contributed by atoms with E-state index in [1.165, 1.54) is 6.33 Å². The van der Waals surface area contributed by atoms with E-state index in [0.717, 1.165) is 11.1 Å². The van der Waals surface area contributed by atoms with Gasteiger partial charge in [-0.1, -0.05) is 36.4 Å². The summed E-state index contributed by atoms with van der Waals surface area (Å²) in [6.07, 6.45) is 4.94. The van der Waals surface area contributed by atoms with E-state index in [9.17, 15) is 4.79 Å². The van der Waals surface area contributed by atoms with Crippen LogP contribution in [0.3, 0.4) is 0 Å². The van der Waals surface area contributed by atoms with Gasteiger partial charge >= 0.3 is 0 Å². The van der Waals surface area contributed by atoms with Crippen LogP contribution >= 0.6 is 0 Å². The summed E-state index contributed by atoms with van der Waals surface area (Å²) in [6, 6.07) is 15.6. The van der Waals surface area contributed by atoms with E-state index in [2.05, 4.69) is 20.3 Å². The van der Waals surface area contributed by atoms with Gasteiger partial charge in [0.15, 0.2) is 0 Å². The summed E-state index contributed by atoms with van der Waals surface area (Å²) in [5.74, 6) is 0.501. The first-order valence-corrected chi connectivity index (χ1v) is 8.93. The van der Waals surface area contributed by atoms with Crippen LogP contribution in [-0.2, 0) is 13.1 Å². The number of carbonyl (C=O) groups is 1. The number of benzene rings is 1. The number of hydrogen-bond donors (Lipinski definition) is 1. The Balaban J connectivity index is 1.72. The van der Waals surface area contributed by atoms with Gasteiger partial charge in [0.25, 0.3) is 5.91 Å². The maximum Gasteiger partial charge on any atom is 0.273 e. The van der Waals surface area contributed by atoms with Crippen LogP contribution in [0.5, 0.6) is 0 Å². The summed E-state index contributed by atoms with van der Waals surface area (Å²) in [7, 11) is 0. The van der Waals surface area contributed by atoms with Gasteiger partial charge in [-0.3, -0.25) is 9.78 Å². The number of rotatable bonds is 7. The number of nitrogens with zero attached hydrogens (tertiary/aromatic N) is 4. The molecule has 0 spiro atoms. The first kappa shape index (κ1) is 18.5. The molecular weight excluding hydrogens is 338 g/mol. The number of amides is 1. The second-order valence-corrected chi connectivity index (χ2v) is 6.52. The number of pyridine rings is 1. The summed E-state index contributed by atoms with van der Waals surface area (Å²) < 4.78 is 0. The number of carbonyl (C=O) groups excluding carboxylic acids is 1. The number of nitrogens with one attached hydrogen (secondary N) is 1. The quantitative estimate of drug-likeness (QED) is 0.697. The molecule has 0 saturated heterocycles. The van der Waals surface area contributed by atoms with Crippen molar-refractivity contribution in [2.24, 2.45) is 0 Å². The van der Waals surface area contributed by atoms with Crippen molar-refractivity contribution in [3.05, 3.63) is 84.1 Å². The van der Waals surface area contributed by atoms with E-state index in [-0.39, 0.29) is 11.9 Å². The molecule has 1 amide bonds. The maximum atomic E-state index is 13.0. The smallest absolute Gasteiger partial charge is 0.273 e. The summed E-state index contributed by atoms with van der Waals surface area (Å²) in [4.78, 5) is 27.3. The topological polar surface area (TPSA) is 71.0 Å². The highest BCUT2D eigenvalue weighted by Gasteiger charge is 2.20. The Morgan fingerprint density at radius 1 is 1.07 bits per heavy atom. The van der Waals surface area contributed by atoms with Crippen LogP contribution in [0.1, 0.15) is 35.5 Å². The van der Waals surface area contributed by atoms with Crippen molar-refractivity contribution in [3.63, 3.8) is 0 Å². The summed E-state index contributed by atoms with van der Waals surface area (Å²) in [6.45, 7) is 5.13. The Morgan fingerprint density at radius 2 is 1.85 bits per heavy atom. The molecule has 138 valence electrons. The Morgan fingerprint density at radius 3 is 2.56 bits per heavy atom. The lowest BCUT2D eigenvalue weighted by Gasteiger charge is -2.26. The molecule has 3 aromatic rings. The number of anilines is 1. The molecule has 0 aliphatic heterocycles. The van der Waals surface area contributed by atoms with Crippen molar-refractivity contribution >= 4 is 11.7 Å². The van der Waals surface area contributed by atoms with Gasteiger partial charge in [0, 0.05) is 37.6 Å². The first-order valence-electron chi connectivity index (χ1n) is 8.93. The van der Waals surface area contributed by atoms with Gasteiger partial charge < -0.3 is 10.2 Å². The van der Waals surface area contributed by atoms with Crippen molar-refractivity contribution in [2.75, 3.05) is 5.32 Å². The largest absolute Gasteiger partial charge is 0.366 e. The van der Waals surface area contributed by atoms with Crippen LogP contribution in [0.25, 0.3) is 0 Å². The third-order valence-corrected chi connectivity index (χ3v) is 4.16. The molecule has 0 aliphatic carbocycles. The van der Waals surface area contributed by atoms with Crippen LogP contribution in [0, 0.1) is 0 Å². The van der Waals surface area contributed by atoms with Crippen molar-refractivity contribution in [3.8, 4) is 0 Å². The van der Waals surface area contributed by atoms with Gasteiger partial charge in [-0.25, -0.2) is 9.97 Å². The third kappa shape index (κ3) is 5.10. The van der Waals surface area contributed by atoms with Crippen molar-refractivity contribution in [1.82, 2.24) is 19.9 Å². The molecule has 1 aromatic carbocycles. The molecule has 0 unspecified atom stereocenters. The van der Waals surface area contributed by atoms with E-state index in [0.29, 0.717) is 24.6 Å². The molecule has 0 atom stereocenters. The van der Waals surface area contributed by atoms with Crippen LogP contribution in [-0.4, -0.2) is 31.8 Å². The highest BCUT2D eigenvalue weighted by atomic mass is 16.2. The zero-order valence-electron chi connectivity index (χ0n) is 15.5. The lowest BCUT2D eigenvalue weighted by molar-refractivity contribution is 0.0684. The van der Waals surface area contributed by atoms with Gasteiger partial charge in [-0.05, 0) is 31.0 Å². The molecule has 2 aromatic heterocycles. The Bertz CT molecular complexity index is 868. The number of aromatic nitrogens is 3. The summed E-state index contributed by atoms with van der Waals surface area (Å²) in [5, 5.41) is 3.21. The van der Waals surface area contributed by atoms with Gasteiger partial charge in [-0.2, -0.15) is 0 Å². The van der Waals surface area contributed by atoms with Gasteiger partial charge in [-0.15, -0.1) is 0 Å². The summed E-state index contributed by atoms with van der Waals surface area (Å²) >= 11 is 0. The van der Waals surface area contributed by atoms with Gasteiger partial charge in [0.05, 0.1) is 0 Å². The third-order valence-electron chi connectivity index (χ3n) is 4.16. The van der Waals surface area contributed by atoms with Crippen LogP contribution < -0.4 is 5.32 Å². The van der Waals surface area contributed by atoms with E-state index >= 15 is 0 Å². The van der Waals surface area contributed by atoms with E-state index in [1.807, 2.05) is 61.2 Å². The molecule has 3 rings (SSSR count). The molecule has 6 nitrogen and oxygen atoms in total. The second kappa shape index (κ2) is 8.89. The van der Waals surface area contributed by atoms with Gasteiger partial charge in [0.1, 0.15) is 17.8 Å². The first-order chi connectivity index (χ1) is 13.1. The zero-order valence-corrected chi connectivity index (χ0v) is 15.5. The van der Waals surface area contributed by atoms with Crippen molar-refractivity contribution in [1.29, 1.82) is 0 Å². The Labute approximate surface area is 159 Å². The molecular formula is C21H23N5O. The standard InChI is InChI=1S/C21H23N5O/c1-16(2)26(14-17-7-4-3-5-8-17)21(27)19-11-20(25-15-24-19)23-13-18-9-6-10-22-12-18/h3-12,15-16H,13-14H2,1-2H3,(H,23,24,25). The van der Waals surface area contributed by atoms with Gasteiger partial charge in [0.2, 0.25) is 0 Å². The molecule has 0 fully saturated rings. The lowest BCUT2D eigenvalue weighted by Crippen LogP contribution is -2.36. The molecule has 1 N–H and O–H groups in total. The average Bonchev–Trinajstić information content (AvgIpc) is 2.71. The fraction of sp³-hybridized carbons (Fsp3) is 0.238. The molecule has 6 heteroatoms. The normalized spacial score (nSPS) is 10.6. The second-order valence-electron chi connectivity index (χ2n) is 6.52. The average molecular weight is 361 g/mol. The van der Waals surface area contributed by atoms with Crippen LogP contribution in [0.4, 0.5) is 5.82 Å². The fourth-order valence-corrected chi connectivity index (χ4v) is 2.68. The predicted molar refractivity (Wildman–Crippen MR) is 105 cm³/mol. The van der Waals surface area contributed by atoms with Crippen LogP contribution in [0.2, 0.25) is 0 Å². The monoisotopic (exact) mass is 361 g/mol. The minimum Gasteiger partial charge on any atom is -0.366 e. The molecule has 0 aliphatic rings. The molecule has 0 radical (unpaired) electrons. The minimum atomic E-state index is -0.110. The molecule has 0 saturated carbocycles. The maximum absolute atomic E-state index is 13.0. The number of hydrogen-bond acceptors (Lipinski definition) is 5. The Kier molecular flexibility index (Phi) is 6.10. The van der Waals surface area contributed by atoms with Crippen molar-refractivity contribution in [2.45, 2.75) is 33.0 Å². The zero-order chi connectivity index (χ0) is 19.1. The van der Waals surface area contributed by atoms with E-state index < -0.39 is 0 Å². The fourth-order valence-electron chi connectivity index (χ4n) is 2.68. The minimum absolute atomic E-state index is 0.0551. The lowest BCUT2D eigenvalue weighted by atomic mass is 10.1. The predicted octanol–water partition coefficient (Wildman–Crippen LogP) is 3.53. The Hall–Kier alpha value is -3.28. The summed E-state index contributed by atoms with van der Waals surface area (Å²) in [5.41, 5.74) is 2.50. The molecule has 0 bridgehead atoms. The highest BCUT2D eigenvalue weighted by molar-refractivity contribution is 5.93. The SMILES string of the molecule is CC(C)N(Cc1ccccc1)C(=O)c1cc(NCc2cccnc2)ncn1. The van der Waals surface area contributed by atoms with E-state index in [1.54, 1.807) is 18.5 Å².